The van der Waals surface area contributed by atoms with E-state index in [1.807, 2.05) is 54.6 Å². The molecule has 2 aromatic rings. The quantitative estimate of drug-likeness (QED) is 0.610. The molecule has 0 aromatic heterocycles. The van der Waals surface area contributed by atoms with E-state index in [-0.39, 0.29) is 11.3 Å². The first kappa shape index (κ1) is 19.5. The summed E-state index contributed by atoms with van der Waals surface area (Å²) in [5, 5.41) is 28.6. The van der Waals surface area contributed by atoms with E-state index in [0.717, 1.165) is 47.3 Å². The van der Waals surface area contributed by atoms with Crippen molar-refractivity contribution in [2.75, 3.05) is 0 Å². The molecule has 2 aromatic carbocycles. The second-order valence-corrected chi connectivity index (χ2v) is 7.69. The van der Waals surface area contributed by atoms with Gasteiger partial charge in [0.2, 0.25) is 0 Å². The van der Waals surface area contributed by atoms with Gasteiger partial charge in [0.15, 0.2) is 0 Å². The van der Waals surface area contributed by atoms with Crippen LogP contribution in [0.4, 0.5) is 0 Å². The number of para-hydroxylation sites is 1. The highest BCUT2D eigenvalue weighted by Gasteiger charge is 2.24. The number of nitrogens with zero attached hydrogens (tertiary/aromatic N) is 2. The molecule has 5 heteroatoms. The first-order valence-electron chi connectivity index (χ1n) is 10.3. The molecule has 154 valence electrons. The molecule has 0 bridgehead atoms. The lowest BCUT2D eigenvalue weighted by Gasteiger charge is -2.26. The molecule has 5 rings (SSSR count). The monoisotopic (exact) mass is 418 g/mol. The molecule has 0 unspecified atom stereocenters. The van der Waals surface area contributed by atoms with Crippen molar-refractivity contribution in [2.45, 2.75) is 19.3 Å². The van der Waals surface area contributed by atoms with Gasteiger partial charge >= 0.3 is 0 Å². The Morgan fingerprint density at radius 3 is 2.62 bits per heavy atom. The lowest BCUT2D eigenvalue weighted by molar-refractivity contribution is 0.404. The Labute approximate surface area is 185 Å². The van der Waals surface area contributed by atoms with Gasteiger partial charge in [0, 0.05) is 22.8 Å². The fraction of sp³-hybridized carbons (Fsp3) is 0.111. The minimum Gasteiger partial charge on any atom is -0.508 e. The highest BCUT2D eigenvalue weighted by molar-refractivity contribution is 5.86. The second-order valence-electron chi connectivity index (χ2n) is 7.69. The summed E-state index contributed by atoms with van der Waals surface area (Å²) in [7, 11) is 0. The van der Waals surface area contributed by atoms with Crippen molar-refractivity contribution in [1.29, 1.82) is 10.5 Å². The van der Waals surface area contributed by atoms with Gasteiger partial charge in [0.25, 0.3) is 0 Å². The number of ether oxygens (including phenoxy) is 2. The van der Waals surface area contributed by atoms with Crippen LogP contribution >= 0.6 is 0 Å². The van der Waals surface area contributed by atoms with E-state index in [0.29, 0.717) is 22.8 Å². The fourth-order valence-electron chi connectivity index (χ4n) is 4.13. The van der Waals surface area contributed by atoms with Gasteiger partial charge in [-0.15, -0.1) is 0 Å². The Morgan fingerprint density at radius 1 is 0.938 bits per heavy atom. The predicted molar refractivity (Wildman–Crippen MR) is 120 cm³/mol. The summed E-state index contributed by atoms with van der Waals surface area (Å²) in [4.78, 5) is 0. The number of hydrogen-bond donors (Lipinski definition) is 1. The van der Waals surface area contributed by atoms with Crippen molar-refractivity contribution >= 4 is 11.6 Å². The summed E-state index contributed by atoms with van der Waals surface area (Å²) in [5.74, 6) is 2.76. The van der Waals surface area contributed by atoms with E-state index in [4.69, 9.17) is 9.47 Å². The molecule has 0 amide bonds. The molecule has 0 radical (unpaired) electrons. The molecular weight excluding hydrogens is 400 g/mol. The van der Waals surface area contributed by atoms with Crippen LogP contribution in [0.2, 0.25) is 0 Å². The van der Waals surface area contributed by atoms with Crippen molar-refractivity contribution in [1.82, 2.24) is 0 Å². The number of phenolic OH excluding ortho intramolecular Hbond substituents is 1. The highest BCUT2D eigenvalue weighted by atomic mass is 16.5. The Bertz CT molecular complexity index is 1360. The van der Waals surface area contributed by atoms with Crippen LogP contribution < -0.4 is 9.47 Å². The van der Waals surface area contributed by atoms with Crippen LogP contribution in [0.25, 0.3) is 11.6 Å². The summed E-state index contributed by atoms with van der Waals surface area (Å²) in [6.07, 6.45) is 10.4. The van der Waals surface area contributed by atoms with Crippen molar-refractivity contribution in [3.63, 3.8) is 0 Å². The second kappa shape index (κ2) is 7.98. The number of nitriles is 2. The Morgan fingerprint density at radius 2 is 1.78 bits per heavy atom. The van der Waals surface area contributed by atoms with Crippen LogP contribution in [-0.2, 0) is 0 Å². The number of hydrogen-bond acceptors (Lipinski definition) is 5. The molecule has 2 heterocycles. The Balaban J connectivity index is 1.53. The number of rotatable bonds is 2. The third kappa shape index (κ3) is 3.47. The first-order chi connectivity index (χ1) is 15.7. The average Bonchev–Trinajstić information content (AvgIpc) is 2.82. The Hall–Kier alpha value is -4.48. The highest BCUT2D eigenvalue weighted by Crippen LogP contribution is 2.41. The van der Waals surface area contributed by atoms with Gasteiger partial charge in [0.05, 0.1) is 0 Å². The molecule has 1 aliphatic carbocycles. The Kier molecular flexibility index (Phi) is 4.86. The largest absolute Gasteiger partial charge is 0.508 e. The van der Waals surface area contributed by atoms with Gasteiger partial charge in [-0.05, 0) is 66.8 Å². The number of benzene rings is 2. The maximum absolute atomic E-state index is 9.81. The molecule has 32 heavy (non-hydrogen) atoms. The lowest BCUT2D eigenvalue weighted by atomic mass is 9.89. The number of fused-ring (bicyclic) bond motifs is 3. The zero-order valence-corrected chi connectivity index (χ0v) is 17.1. The van der Waals surface area contributed by atoms with E-state index in [2.05, 4.69) is 6.08 Å². The normalized spacial score (nSPS) is 16.4. The van der Waals surface area contributed by atoms with Crippen LogP contribution in [0.3, 0.4) is 0 Å². The van der Waals surface area contributed by atoms with Gasteiger partial charge in [-0.2, -0.15) is 10.5 Å². The SMILES string of the molecule is N#CC(C#N)=C1C=C(/C=C/C2=C3Oc4cc(O)ccc4C=C3CCC2)Oc2ccccc21. The summed E-state index contributed by atoms with van der Waals surface area (Å²) < 4.78 is 12.2. The minimum atomic E-state index is 0.0450. The summed E-state index contributed by atoms with van der Waals surface area (Å²) in [6, 6.07) is 16.4. The van der Waals surface area contributed by atoms with Gasteiger partial charge in [0.1, 0.15) is 46.5 Å². The molecular formula is C27H18N2O3. The summed E-state index contributed by atoms with van der Waals surface area (Å²) in [6.45, 7) is 0. The maximum atomic E-state index is 9.81. The van der Waals surface area contributed by atoms with E-state index < -0.39 is 0 Å². The molecule has 5 nitrogen and oxygen atoms in total. The third-order valence-corrected chi connectivity index (χ3v) is 5.65. The molecule has 0 fully saturated rings. The maximum Gasteiger partial charge on any atom is 0.138 e. The van der Waals surface area contributed by atoms with E-state index in [1.165, 1.54) is 0 Å². The van der Waals surface area contributed by atoms with E-state index in [1.54, 1.807) is 18.2 Å². The first-order valence-corrected chi connectivity index (χ1v) is 10.3. The zero-order chi connectivity index (χ0) is 22.1. The number of allylic oxidation sites excluding steroid dienone is 7. The molecule has 0 spiro atoms. The van der Waals surface area contributed by atoms with Crippen molar-refractivity contribution in [3.05, 3.63) is 100 Å². The molecule has 2 aliphatic heterocycles. The molecule has 0 saturated heterocycles. The van der Waals surface area contributed by atoms with Gasteiger partial charge in [-0.3, -0.25) is 0 Å². The molecule has 3 aliphatic rings. The van der Waals surface area contributed by atoms with Crippen LogP contribution in [0.1, 0.15) is 30.4 Å². The van der Waals surface area contributed by atoms with Crippen LogP contribution in [0.15, 0.2) is 88.9 Å². The summed E-state index contributed by atoms with van der Waals surface area (Å²) in [5.41, 5.74) is 4.44. The zero-order valence-electron chi connectivity index (χ0n) is 17.1. The predicted octanol–water partition coefficient (Wildman–Crippen LogP) is 5.94. The van der Waals surface area contributed by atoms with Gasteiger partial charge in [-0.1, -0.05) is 24.3 Å². The topological polar surface area (TPSA) is 86.3 Å². The van der Waals surface area contributed by atoms with Crippen molar-refractivity contribution in [2.24, 2.45) is 0 Å². The smallest absolute Gasteiger partial charge is 0.138 e. The lowest BCUT2D eigenvalue weighted by Crippen LogP contribution is -2.12. The van der Waals surface area contributed by atoms with Gasteiger partial charge in [-0.25, -0.2) is 0 Å². The van der Waals surface area contributed by atoms with E-state index >= 15 is 0 Å². The molecule has 1 N–H and O–H groups in total. The van der Waals surface area contributed by atoms with Crippen molar-refractivity contribution in [3.8, 4) is 29.4 Å². The summed E-state index contributed by atoms with van der Waals surface area (Å²) >= 11 is 0. The minimum absolute atomic E-state index is 0.0450. The van der Waals surface area contributed by atoms with Crippen LogP contribution in [0, 0.1) is 22.7 Å². The standard InChI is InChI=1S/C27H18N2O3/c28-15-20(16-29)24-14-22(31-25-7-2-1-6-23(24)25)11-9-17-4-3-5-19-12-18-8-10-21(30)13-26(18)32-27(17)19/h1-2,6-14,30H,3-5H2/b11-9+. The van der Waals surface area contributed by atoms with Crippen LogP contribution in [0.5, 0.6) is 17.2 Å². The fourth-order valence-corrected chi connectivity index (χ4v) is 4.13. The average molecular weight is 418 g/mol. The van der Waals surface area contributed by atoms with Crippen molar-refractivity contribution < 1.29 is 14.6 Å². The third-order valence-electron chi connectivity index (χ3n) is 5.65. The molecule has 0 saturated carbocycles. The number of phenols is 1. The molecule has 0 atom stereocenters. The van der Waals surface area contributed by atoms with Crippen LogP contribution in [-0.4, -0.2) is 5.11 Å². The number of aromatic hydroxyl groups is 1. The van der Waals surface area contributed by atoms with Gasteiger partial charge < -0.3 is 14.6 Å². The van der Waals surface area contributed by atoms with E-state index in [9.17, 15) is 15.6 Å².